The Balaban J connectivity index is 1.42. The number of nitrogens with one attached hydrogen (secondary N) is 1. The maximum absolute atomic E-state index is 13.4. The third kappa shape index (κ3) is 5.26. The SMILES string of the molecule is CCc1ccc(NC(=O)C2CCN(S(=O)(=O)c3c(C)noc3C=Cc3cccs3)CC2)cc1. The molecular formula is C24H27N3O4S2. The number of carbonyl (C=O) groups is 1. The van der Waals surface area contributed by atoms with Gasteiger partial charge in [0.2, 0.25) is 15.9 Å². The Kier molecular flexibility index (Phi) is 7.11. The number of sulfonamides is 1. The summed E-state index contributed by atoms with van der Waals surface area (Å²) in [6.45, 7) is 4.25. The molecule has 4 rings (SSSR count). The number of nitrogens with zero attached hydrogens (tertiary/aromatic N) is 2. The average Bonchev–Trinajstić information content (AvgIpc) is 3.48. The van der Waals surface area contributed by atoms with Gasteiger partial charge in [-0.05, 0) is 67.5 Å². The Hall–Kier alpha value is -2.75. The van der Waals surface area contributed by atoms with Gasteiger partial charge < -0.3 is 9.84 Å². The summed E-state index contributed by atoms with van der Waals surface area (Å²) >= 11 is 1.55. The highest BCUT2D eigenvalue weighted by Gasteiger charge is 2.35. The van der Waals surface area contributed by atoms with Gasteiger partial charge in [-0.3, -0.25) is 4.79 Å². The summed E-state index contributed by atoms with van der Waals surface area (Å²) in [7, 11) is -3.79. The number of anilines is 1. The van der Waals surface area contributed by atoms with E-state index in [2.05, 4.69) is 17.4 Å². The van der Waals surface area contributed by atoms with Crippen molar-refractivity contribution in [3.8, 4) is 0 Å². The Morgan fingerprint density at radius 2 is 1.94 bits per heavy atom. The first kappa shape index (κ1) is 23.4. The number of carbonyl (C=O) groups excluding carboxylic acids is 1. The highest BCUT2D eigenvalue weighted by atomic mass is 32.2. The van der Waals surface area contributed by atoms with E-state index < -0.39 is 10.0 Å². The summed E-state index contributed by atoms with van der Waals surface area (Å²) in [6, 6.07) is 11.7. The van der Waals surface area contributed by atoms with Crippen LogP contribution in [0.25, 0.3) is 12.2 Å². The van der Waals surface area contributed by atoms with Crippen molar-refractivity contribution in [1.82, 2.24) is 9.46 Å². The zero-order valence-electron chi connectivity index (χ0n) is 18.7. The van der Waals surface area contributed by atoms with Crippen molar-refractivity contribution >= 4 is 45.1 Å². The number of amides is 1. The zero-order valence-corrected chi connectivity index (χ0v) is 20.3. The van der Waals surface area contributed by atoms with E-state index in [0.717, 1.165) is 17.0 Å². The Labute approximate surface area is 198 Å². The summed E-state index contributed by atoms with van der Waals surface area (Å²) in [6.07, 6.45) is 5.32. The molecule has 9 heteroatoms. The van der Waals surface area contributed by atoms with Crippen LogP contribution in [0.1, 0.15) is 41.7 Å². The van der Waals surface area contributed by atoms with Crippen LogP contribution >= 0.6 is 11.3 Å². The quantitative estimate of drug-likeness (QED) is 0.518. The molecular weight excluding hydrogens is 458 g/mol. The summed E-state index contributed by atoms with van der Waals surface area (Å²) in [5.41, 5.74) is 2.30. The first-order valence-corrected chi connectivity index (χ1v) is 13.3. The monoisotopic (exact) mass is 485 g/mol. The van der Waals surface area contributed by atoms with Crippen molar-refractivity contribution in [3.63, 3.8) is 0 Å². The fraction of sp³-hybridized carbons (Fsp3) is 0.333. The van der Waals surface area contributed by atoms with E-state index in [1.165, 1.54) is 9.87 Å². The van der Waals surface area contributed by atoms with Crippen molar-refractivity contribution in [2.75, 3.05) is 18.4 Å². The highest BCUT2D eigenvalue weighted by Crippen LogP contribution is 2.30. The first-order valence-electron chi connectivity index (χ1n) is 11.0. The van der Waals surface area contributed by atoms with Crippen LogP contribution in [0.4, 0.5) is 5.69 Å². The lowest BCUT2D eigenvalue weighted by Gasteiger charge is -2.30. The minimum atomic E-state index is -3.79. The lowest BCUT2D eigenvalue weighted by molar-refractivity contribution is -0.120. The molecule has 3 heterocycles. The number of aromatic nitrogens is 1. The topological polar surface area (TPSA) is 92.5 Å². The van der Waals surface area contributed by atoms with Crippen LogP contribution in [-0.4, -0.2) is 36.9 Å². The van der Waals surface area contributed by atoms with E-state index in [-0.39, 0.29) is 35.6 Å². The van der Waals surface area contributed by atoms with Crippen LogP contribution in [0.5, 0.6) is 0 Å². The van der Waals surface area contributed by atoms with E-state index in [9.17, 15) is 13.2 Å². The van der Waals surface area contributed by atoms with Crippen LogP contribution in [0.2, 0.25) is 0 Å². The minimum absolute atomic E-state index is 0.0722. The van der Waals surface area contributed by atoms with Crippen molar-refractivity contribution < 1.29 is 17.7 Å². The van der Waals surface area contributed by atoms with Crippen LogP contribution < -0.4 is 5.32 Å². The van der Waals surface area contributed by atoms with E-state index in [4.69, 9.17) is 4.52 Å². The number of hydrogen-bond donors (Lipinski definition) is 1. The van der Waals surface area contributed by atoms with E-state index in [1.807, 2.05) is 47.9 Å². The average molecular weight is 486 g/mol. The van der Waals surface area contributed by atoms with E-state index >= 15 is 0 Å². The molecule has 3 aromatic rings. The van der Waals surface area contributed by atoms with E-state index in [1.54, 1.807) is 24.3 Å². The third-order valence-electron chi connectivity index (χ3n) is 5.83. The molecule has 1 saturated heterocycles. The summed E-state index contributed by atoms with van der Waals surface area (Å²) in [5.74, 6) is -0.0858. The lowest BCUT2D eigenvalue weighted by Crippen LogP contribution is -2.41. The molecule has 1 N–H and O–H groups in total. The minimum Gasteiger partial charge on any atom is -0.355 e. The molecule has 1 aliphatic rings. The molecule has 0 spiro atoms. The highest BCUT2D eigenvalue weighted by molar-refractivity contribution is 7.89. The van der Waals surface area contributed by atoms with Gasteiger partial charge in [-0.2, -0.15) is 4.31 Å². The van der Waals surface area contributed by atoms with Crippen LogP contribution in [0, 0.1) is 12.8 Å². The fourth-order valence-corrected chi connectivity index (χ4v) is 6.24. The second-order valence-corrected chi connectivity index (χ2v) is 10.9. The summed E-state index contributed by atoms with van der Waals surface area (Å²) in [4.78, 5) is 13.8. The molecule has 0 atom stereocenters. The molecule has 0 saturated carbocycles. The molecule has 0 radical (unpaired) electrons. The third-order valence-corrected chi connectivity index (χ3v) is 8.72. The van der Waals surface area contributed by atoms with Gasteiger partial charge in [-0.25, -0.2) is 8.42 Å². The molecule has 7 nitrogen and oxygen atoms in total. The Morgan fingerprint density at radius 1 is 1.21 bits per heavy atom. The second-order valence-electron chi connectivity index (χ2n) is 8.03. The van der Waals surface area contributed by atoms with Crippen LogP contribution in [-0.2, 0) is 21.2 Å². The maximum Gasteiger partial charge on any atom is 0.248 e. The van der Waals surface area contributed by atoms with Gasteiger partial charge in [0.1, 0.15) is 5.69 Å². The number of thiophene rings is 1. The molecule has 1 fully saturated rings. The van der Waals surface area contributed by atoms with Crippen molar-refractivity contribution in [1.29, 1.82) is 0 Å². The number of benzene rings is 1. The van der Waals surface area contributed by atoms with Gasteiger partial charge in [0.05, 0.1) is 0 Å². The van der Waals surface area contributed by atoms with Gasteiger partial charge in [-0.1, -0.05) is 30.3 Å². The zero-order chi connectivity index (χ0) is 23.4. The number of piperidine rings is 1. The van der Waals surface area contributed by atoms with Crippen molar-refractivity contribution in [2.24, 2.45) is 5.92 Å². The van der Waals surface area contributed by atoms with Gasteiger partial charge >= 0.3 is 0 Å². The summed E-state index contributed by atoms with van der Waals surface area (Å²) < 4.78 is 33.5. The predicted molar refractivity (Wildman–Crippen MR) is 130 cm³/mol. The molecule has 1 aliphatic heterocycles. The molecule has 1 amide bonds. The molecule has 174 valence electrons. The number of hydrogen-bond acceptors (Lipinski definition) is 6. The first-order chi connectivity index (χ1) is 15.9. The molecule has 33 heavy (non-hydrogen) atoms. The van der Waals surface area contributed by atoms with Gasteiger partial charge in [0.25, 0.3) is 0 Å². The molecule has 0 unspecified atom stereocenters. The Bertz CT molecular complexity index is 1220. The molecule has 0 aliphatic carbocycles. The Morgan fingerprint density at radius 3 is 2.58 bits per heavy atom. The van der Waals surface area contributed by atoms with Crippen LogP contribution in [0.15, 0.2) is 51.2 Å². The molecule has 0 bridgehead atoms. The standard InChI is InChI=1S/C24H27N3O4S2/c1-3-18-6-8-20(9-7-18)25-24(28)19-12-14-27(15-13-19)33(29,30)23-17(2)26-31-22(23)11-10-21-5-4-16-32-21/h4-11,16,19H,3,12-15H2,1-2H3,(H,25,28). The van der Waals surface area contributed by atoms with E-state index in [0.29, 0.717) is 18.5 Å². The van der Waals surface area contributed by atoms with Gasteiger partial charge in [0.15, 0.2) is 10.7 Å². The molecule has 2 aromatic heterocycles. The lowest BCUT2D eigenvalue weighted by atomic mass is 9.97. The second kappa shape index (κ2) is 10.0. The maximum atomic E-state index is 13.4. The van der Waals surface area contributed by atoms with Gasteiger partial charge in [0, 0.05) is 29.6 Å². The van der Waals surface area contributed by atoms with Crippen molar-refractivity contribution in [3.05, 3.63) is 63.7 Å². The largest absolute Gasteiger partial charge is 0.355 e. The van der Waals surface area contributed by atoms with Gasteiger partial charge in [-0.15, -0.1) is 11.3 Å². The summed E-state index contributed by atoms with van der Waals surface area (Å²) in [5, 5.41) is 8.79. The fourth-order valence-electron chi connectivity index (χ4n) is 3.90. The normalized spacial score (nSPS) is 15.8. The molecule has 1 aromatic carbocycles. The predicted octanol–water partition coefficient (Wildman–Crippen LogP) is 4.82. The smallest absolute Gasteiger partial charge is 0.248 e. The van der Waals surface area contributed by atoms with Crippen LogP contribution in [0.3, 0.4) is 0 Å². The number of aryl methyl sites for hydroxylation is 2. The number of rotatable bonds is 7. The van der Waals surface area contributed by atoms with Crippen molar-refractivity contribution in [2.45, 2.75) is 38.0 Å².